The molecule has 0 aromatic heterocycles. The fraction of sp³-hybridized carbons (Fsp3) is 0.118. The summed E-state index contributed by atoms with van der Waals surface area (Å²) >= 11 is 0. The molecule has 0 aliphatic rings. The maximum absolute atomic E-state index is 13.4. The van der Waals surface area contributed by atoms with Crippen LogP contribution in [0.1, 0.15) is 21.5 Å². The van der Waals surface area contributed by atoms with E-state index < -0.39 is 0 Å². The molecule has 106 valence electrons. The molecule has 4 heteroatoms. The molecule has 0 radical (unpaired) electrons. The minimum Gasteiger partial charge on any atom is -0.384 e. The van der Waals surface area contributed by atoms with Gasteiger partial charge in [0.25, 0.3) is 5.91 Å². The molecule has 0 fully saturated rings. The topological polar surface area (TPSA) is 49.3 Å². The molecule has 0 saturated carbocycles. The van der Waals surface area contributed by atoms with Crippen molar-refractivity contribution in [3.05, 3.63) is 65.0 Å². The Balaban J connectivity index is 2.22. The van der Waals surface area contributed by atoms with Gasteiger partial charge < -0.3 is 10.4 Å². The highest BCUT2D eigenvalue weighted by atomic mass is 19.1. The number of carbonyl (C=O) groups excluding carboxylic acids is 1. The number of carbonyl (C=O) groups is 1. The zero-order valence-corrected chi connectivity index (χ0v) is 11.5. The number of amides is 1. The van der Waals surface area contributed by atoms with Gasteiger partial charge in [-0.05, 0) is 37.3 Å². The molecule has 0 atom stereocenters. The van der Waals surface area contributed by atoms with Gasteiger partial charge in [-0.1, -0.05) is 24.0 Å². The van der Waals surface area contributed by atoms with Crippen LogP contribution in [0.4, 0.5) is 10.1 Å². The molecule has 0 saturated heterocycles. The zero-order valence-electron chi connectivity index (χ0n) is 11.5. The Kier molecular flexibility index (Phi) is 4.70. The fourth-order valence-corrected chi connectivity index (χ4v) is 1.82. The summed E-state index contributed by atoms with van der Waals surface area (Å²) in [5, 5.41) is 11.3. The predicted molar refractivity (Wildman–Crippen MR) is 79.5 cm³/mol. The van der Waals surface area contributed by atoms with E-state index in [4.69, 9.17) is 5.11 Å². The molecule has 21 heavy (non-hydrogen) atoms. The minimum absolute atomic E-state index is 0.237. The first-order chi connectivity index (χ1) is 10.1. The average molecular weight is 283 g/mol. The quantitative estimate of drug-likeness (QED) is 0.833. The van der Waals surface area contributed by atoms with Gasteiger partial charge in [0, 0.05) is 22.4 Å². The second-order valence-electron chi connectivity index (χ2n) is 4.41. The van der Waals surface area contributed by atoms with E-state index in [9.17, 15) is 9.18 Å². The van der Waals surface area contributed by atoms with Crippen LogP contribution >= 0.6 is 0 Å². The number of hydrogen-bond acceptors (Lipinski definition) is 2. The number of aliphatic hydroxyl groups excluding tert-OH is 1. The highest BCUT2D eigenvalue weighted by Gasteiger charge is 2.09. The number of anilines is 1. The first-order valence-corrected chi connectivity index (χ1v) is 6.38. The molecule has 2 aromatic rings. The van der Waals surface area contributed by atoms with E-state index in [0.717, 1.165) is 0 Å². The van der Waals surface area contributed by atoms with Gasteiger partial charge in [-0.25, -0.2) is 4.39 Å². The zero-order chi connectivity index (χ0) is 15.2. The standard InChI is InChI=1S/C17H14FNO2/c1-12-15(18)8-3-9-16(12)19-17(21)14-7-2-5-13(11-14)6-4-10-20/h2-3,5,7-9,11,20H,10H2,1H3,(H,19,21). The molecule has 3 nitrogen and oxygen atoms in total. The van der Waals surface area contributed by atoms with E-state index in [2.05, 4.69) is 17.2 Å². The van der Waals surface area contributed by atoms with Crippen molar-refractivity contribution in [2.24, 2.45) is 0 Å². The van der Waals surface area contributed by atoms with Crippen LogP contribution in [0.25, 0.3) is 0 Å². The van der Waals surface area contributed by atoms with Crippen molar-refractivity contribution in [2.45, 2.75) is 6.92 Å². The first-order valence-electron chi connectivity index (χ1n) is 6.38. The third kappa shape index (κ3) is 3.68. The molecule has 0 bridgehead atoms. The van der Waals surface area contributed by atoms with E-state index in [1.54, 1.807) is 43.3 Å². The van der Waals surface area contributed by atoms with E-state index in [0.29, 0.717) is 22.4 Å². The monoisotopic (exact) mass is 283 g/mol. The summed E-state index contributed by atoms with van der Waals surface area (Å²) in [6.45, 7) is 1.37. The maximum atomic E-state index is 13.4. The largest absolute Gasteiger partial charge is 0.384 e. The number of hydrogen-bond donors (Lipinski definition) is 2. The van der Waals surface area contributed by atoms with Crippen molar-refractivity contribution in [2.75, 3.05) is 11.9 Å². The summed E-state index contributed by atoms with van der Waals surface area (Å²) in [6, 6.07) is 11.2. The fourth-order valence-electron chi connectivity index (χ4n) is 1.82. The Hall–Kier alpha value is -2.64. The highest BCUT2D eigenvalue weighted by molar-refractivity contribution is 6.04. The molecule has 0 spiro atoms. The Labute approximate surface area is 122 Å². The van der Waals surface area contributed by atoms with Gasteiger partial charge in [-0.15, -0.1) is 0 Å². The van der Waals surface area contributed by atoms with Crippen molar-refractivity contribution in [1.82, 2.24) is 0 Å². The van der Waals surface area contributed by atoms with Gasteiger partial charge in [0.2, 0.25) is 0 Å². The molecule has 2 aromatic carbocycles. The smallest absolute Gasteiger partial charge is 0.255 e. The molecule has 0 aliphatic heterocycles. The van der Waals surface area contributed by atoms with Crippen LogP contribution in [0.15, 0.2) is 42.5 Å². The van der Waals surface area contributed by atoms with E-state index in [-0.39, 0.29) is 18.3 Å². The summed E-state index contributed by atoms with van der Waals surface area (Å²) in [5.41, 5.74) is 1.88. The van der Waals surface area contributed by atoms with E-state index in [1.807, 2.05) is 0 Å². The maximum Gasteiger partial charge on any atom is 0.255 e. The SMILES string of the molecule is Cc1c(F)cccc1NC(=O)c1cccc(C#CCO)c1. The van der Waals surface area contributed by atoms with Crippen LogP contribution in [0.5, 0.6) is 0 Å². The van der Waals surface area contributed by atoms with Crippen molar-refractivity contribution in [1.29, 1.82) is 0 Å². The number of halogens is 1. The van der Waals surface area contributed by atoms with Gasteiger partial charge in [-0.3, -0.25) is 4.79 Å². The van der Waals surface area contributed by atoms with Gasteiger partial charge in [0.15, 0.2) is 0 Å². The molecule has 2 N–H and O–H groups in total. The molecule has 0 aliphatic carbocycles. The molecule has 1 amide bonds. The summed E-state index contributed by atoms with van der Waals surface area (Å²) in [4.78, 5) is 12.2. The Bertz CT molecular complexity index is 729. The molecule has 2 rings (SSSR count). The van der Waals surface area contributed by atoms with Crippen LogP contribution in [-0.4, -0.2) is 17.6 Å². The van der Waals surface area contributed by atoms with Gasteiger partial charge in [-0.2, -0.15) is 0 Å². The molecular formula is C17H14FNO2. The van der Waals surface area contributed by atoms with Crippen LogP contribution < -0.4 is 5.32 Å². The van der Waals surface area contributed by atoms with Crippen LogP contribution in [0.3, 0.4) is 0 Å². The number of aliphatic hydroxyl groups is 1. The Morgan fingerprint density at radius 1 is 1.29 bits per heavy atom. The molecule has 0 unspecified atom stereocenters. The lowest BCUT2D eigenvalue weighted by Gasteiger charge is -2.09. The third-order valence-corrected chi connectivity index (χ3v) is 2.95. The number of rotatable bonds is 2. The minimum atomic E-state index is -0.365. The van der Waals surface area contributed by atoms with Gasteiger partial charge in [0.05, 0.1) is 0 Å². The number of nitrogens with one attached hydrogen (secondary N) is 1. The van der Waals surface area contributed by atoms with Crippen molar-refractivity contribution >= 4 is 11.6 Å². The molecule has 0 heterocycles. The lowest BCUT2D eigenvalue weighted by molar-refractivity contribution is 0.102. The van der Waals surface area contributed by atoms with Crippen molar-refractivity contribution in [3.63, 3.8) is 0 Å². The normalized spacial score (nSPS) is 9.67. The van der Waals surface area contributed by atoms with Crippen molar-refractivity contribution in [3.8, 4) is 11.8 Å². The van der Waals surface area contributed by atoms with Crippen LogP contribution in [0.2, 0.25) is 0 Å². The Morgan fingerprint density at radius 2 is 2.05 bits per heavy atom. The van der Waals surface area contributed by atoms with E-state index >= 15 is 0 Å². The van der Waals surface area contributed by atoms with Crippen LogP contribution in [0, 0.1) is 24.6 Å². The summed E-state index contributed by atoms with van der Waals surface area (Å²) in [7, 11) is 0. The summed E-state index contributed by atoms with van der Waals surface area (Å²) in [6.07, 6.45) is 0. The van der Waals surface area contributed by atoms with Crippen LogP contribution in [-0.2, 0) is 0 Å². The first kappa shape index (κ1) is 14.8. The lowest BCUT2D eigenvalue weighted by Crippen LogP contribution is -2.13. The summed E-state index contributed by atoms with van der Waals surface area (Å²) < 4.78 is 13.4. The number of benzene rings is 2. The van der Waals surface area contributed by atoms with Gasteiger partial charge >= 0.3 is 0 Å². The Morgan fingerprint density at radius 3 is 2.81 bits per heavy atom. The second-order valence-corrected chi connectivity index (χ2v) is 4.41. The van der Waals surface area contributed by atoms with E-state index in [1.165, 1.54) is 6.07 Å². The lowest BCUT2D eigenvalue weighted by atomic mass is 10.1. The summed E-state index contributed by atoms with van der Waals surface area (Å²) in [5.74, 6) is 4.55. The predicted octanol–water partition coefficient (Wildman–Crippen LogP) is 2.73. The highest BCUT2D eigenvalue weighted by Crippen LogP contribution is 2.18. The third-order valence-electron chi connectivity index (χ3n) is 2.95. The average Bonchev–Trinajstić information content (AvgIpc) is 2.50. The molecular weight excluding hydrogens is 269 g/mol. The van der Waals surface area contributed by atoms with Gasteiger partial charge in [0.1, 0.15) is 12.4 Å². The second kappa shape index (κ2) is 6.69. The van der Waals surface area contributed by atoms with Crippen molar-refractivity contribution < 1.29 is 14.3 Å².